The van der Waals surface area contributed by atoms with E-state index in [-0.39, 0.29) is 11.5 Å². The predicted molar refractivity (Wildman–Crippen MR) is 77.0 cm³/mol. The van der Waals surface area contributed by atoms with Gasteiger partial charge in [0, 0.05) is 0 Å². The van der Waals surface area contributed by atoms with Gasteiger partial charge < -0.3 is 9.84 Å². The lowest BCUT2D eigenvalue weighted by Crippen LogP contribution is -2.31. The van der Waals surface area contributed by atoms with Crippen molar-refractivity contribution < 1.29 is 9.84 Å². The first-order valence-electron chi connectivity index (χ1n) is 6.56. The topological polar surface area (TPSA) is 29.5 Å². The van der Waals surface area contributed by atoms with E-state index < -0.39 is 0 Å². The summed E-state index contributed by atoms with van der Waals surface area (Å²) in [4.78, 5) is 0. The van der Waals surface area contributed by atoms with Crippen molar-refractivity contribution in [1.29, 1.82) is 0 Å². The lowest BCUT2D eigenvalue weighted by atomic mass is 9.80. The van der Waals surface area contributed by atoms with Crippen LogP contribution in [0.25, 0.3) is 0 Å². The average molecular weight is 313 g/mol. The minimum Gasteiger partial charge on any atom is -0.496 e. The number of halogens is 1. The van der Waals surface area contributed by atoms with Gasteiger partial charge in [-0.3, -0.25) is 0 Å². The number of methoxy groups -OCH3 is 1. The summed E-state index contributed by atoms with van der Waals surface area (Å²) in [6.07, 6.45) is 5.26. The fraction of sp³-hybridized carbons (Fsp3) is 0.600. The molecule has 1 aliphatic carbocycles. The van der Waals surface area contributed by atoms with Crippen molar-refractivity contribution in [3.05, 3.63) is 28.2 Å². The molecule has 0 heterocycles. The summed E-state index contributed by atoms with van der Waals surface area (Å²) in [7, 11) is 1.66. The maximum atomic E-state index is 10.4. The Bertz CT molecular complexity index is 411. The Balaban J connectivity index is 2.07. The summed E-state index contributed by atoms with van der Waals surface area (Å²) in [6, 6.07) is 6.02. The van der Waals surface area contributed by atoms with Crippen molar-refractivity contribution in [3.63, 3.8) is 0 Å². The van der Waals surface area contributed by atoms with E-state index in [9.17, 15) is 5.11 Å². The summed E-state index contributed by atoms with van der Waals surface area (Å²) in [5.74, 6) is 0.834. The zero-order valence-corrected chi connectivity index (χ0v) is 12.7. The van der Waals surface area contributed by atoms with E-state index in [2.05, 4.69) is 22.9 Å². The molecule has 0 bridgehead atoms. The van der Waals surface area contributed by atoms with Gasteiger partial charge >= 0.3 is 0 Å². The van der Waals surface area contributed by atoms with E-state index in [0.29, 0.717) is 0 Å². The molecule has 0 spiro atoms. The van der Waals surface area contributed by atoms with Crippen molar-refractivity contribution in [1.82, 2.24) is 0 Å². The molecule has 2 nitrogen and oxygen atoms in total. The van der Waals surface area contributed by atoms with Crippen LogP contribution in [0.3, 0.4) is 0 Å². The molecule has 0 radical (unpaired) electrons. The quantitative estimate of drug-likeness (QED) is 0.912. The van der Waals surface area contributed by atoms with Crippen LogP contribution in [0.5, 0.6) is 5.75 Å². The van der Waals surface area contributed by atoms with Crippen LogP contribution in [0.1, 0.15) is 38.2 Å². The molecule has 1 aromatic carbocycles. The maximum Gasteiger partial charge on any atom is 0.133 e. The first kappa shape index (κ1) is 13.9. The minimum atomic E-state index is -0.250. The molecule has 1 unspecified atom stereocenters. The maximum absolute atomic E-state index is 10.4. The van der Waals surface area contributed by atoms with Gasteiger partial charge in [0.15, 0.2) is 0 Å². The lowest BCUT2D eigenvalue weighted by molar-refractivity contribution is 0.0423. The Kier molecular flexibility index (Phi) is 4.33. The Morgan fingerprint density at radius 2 is 2.06 bits per heavy atom. The molecular weight excluding hydrogens is 292 g/mol. The van der Waals surface area contributed by atoms with E-state index in [0.717, 1.165) is 35.0 Å². The number of ether oxygens (including phenoxy) is 1. The summed E-state index contributed by atoms with van der Waals surface area (Å²) >= 11 is 3.49. The van der Waals surface area contributed by atoms with Crippen molar-refractivity contribution in [2.24, 2.45) is 5.41 Å². The van der Waals surface area contributed by atoms with Gasteiger partial charge in [-0.05, 0) is 58.3 Å². The molecule has 1 aromatic rings. The van der Waals surface area contributed by atoms with Crippen LogP contribution in [-0.4, -0.2) is 18.3 Å². The molecule has 1 aliphatic rings. The molecule has 0 aromatic heterocycles. The normalized spacial score (nSPS) is 19.8. The number of hydrogen-bond donors (Lipinski definition) is 1. The van der Waals surface area contributed by atoms with Gasteiger partial charge in [0.25, 0.3) is 0 Å². The molecule has 1 N–H and O–H groups in total. The summed E-state index contributed by atoms with van der Waals surface area (Å²) < 4.78 is 6.17. The fourth-order valence-corrected chi connectivity index (χ4v) is 3.41. The third kappa shape index (κ3) is 2.89. The number of rotatable bonds is 4. The van der Waals surface area contributed by atoms with Crippen LogP contribution < -0.4 is 4.74 Å². The van der Waals surface area contributed by atoms with Crippen molar-refractivity contribution in [2.45, 2.75) is 45.1 Å². The highest BCUT2D eigenvalue weighted by atomic mass is 79.9. The van der Waals surface area contributed by atoms with Gasteiger partial charge in [-0.2, -0.15) is 0 Å². The molecule has 1 atom stereocenters. The van der Waals surface area contributed by atoms with Crippen LogP contribution in [-0.2, 0) is 6.42 Å². The molecule has 1 saturated carbocycles. The monoisotopic (exact) mass is 312 g/mol. The van der Waals surface area contributed by atoms with E-state index >= 15 is 0 Å². The van der Waals surface area contributed by atoms with Gasteiger partial charge in [0.05, 0.1) is 17.7 Å². The van der Waals surface area contributed by atoms with E-state index in [1.165, 1.54) is 12.8 Å². The highest BCUT2D eigenvalue weighted by Crippen LogP contribution is 2.41. The smallest absolute Gasteiger partial charge is 0.133 e. The summed E-state index contributed by atoms with van der Waals surface area (Å²) in [6.45, 7) is 2.21. The molecule has 1 fully saturated rings. The third-order valence-corrected chi connectivity index (χ3v) is 4.82. The molecule has 100 valence electrons. The molecule has 0 amide bonds. The van der Waals surface area contributed by atoms with Gasteiger partial charge in [-0.15, -0.1) is 0 Å². The van der Waals surface area contributed by atoms with Crippen LogP contribution in [0.2, 0.25) is 0 Å². The van der Waals surface area contributed by atoms with Gasteiger partial charge in [-0.25, -0.2) is 0 Å². The van der Waals surface area contributed by atoms with Crippen molar-refractivity contribution in [2.75, 3.05) is 7.11 Å². The first-order valence-corrected chi connectivity index (χ1v) is 7.35. The summed E-state index contributed by atoms with van der Waals surface area (Å²) in [5, 5.41) is 10.4. The lowest BCUT2D eigenvalue weighted by Gasteiger charge is -2.30. The molecule has 0 saturated heterocycles. The van der Waals surface area contributed by atoms with E-state index in [4.69, 9.17) is 4.74 Å². The van der Waals surface area contributed by atoms with Crippen LogP contribution >= 0.6 is 15.9 Å². The van der Waals surface area contributed by atoms with Crippen LogP contribution in [0.4, 0.5) is 0 Å². The summed E-state index contributed by atoms with van der Waals surface area (Å²) in [5.41, 5.74) is 1.26. The predicted octanol–water partition coefficient (Wildman–Crippen LogP) is 3.94. The average Bonchev–Trinajstić information content (AvgIpc) is 2.78. The minimum absolute atomic E-state index is 0.104. The number of benzene rings is 1. The highest BCUT2D eigenvalue weighted by molar-refractivity contribution is 9.10. The Morgan fingerprint density at radius 3 is 2.61 bits per heavy atom. The second-order valence-electron chi connectivity index (χ2n) is 5.55. The number of aliphatic hydroxyl groups is 1. The zero-order chi connectivity index (χ0) is 13.2. The standard InChI is InChI=1S/C15H21BrO2/c1-15(7-3-4-8-15)14(17)10-11-5-6-13(18-2)12(16)9-11/h5-6,9,14,17H,3-4,7-8,10H2,1-2H3. The largest absolute Gasteiger partial charge is 0.496 e. The van der Waals surface area contributed by atoms with Crippen molar-refractivity contribution >= 4 is 15.9 Å². The molecule has 18 heavy (non-hydrogen) atoms. The van der Waals surface area contributed by atoms with Crippen molar-refractivity contribution in [3.8, 4) is 5.75 Å². The van der Waals surface area contributed by atoms with Gasteiger partial charge in [0.2, 0.25) is 0 Å². The van der Waals surface area contributed by atoms with Crippen LogP contribution in [0, 0.1) is 5.41 Å². The fourth-order valence-electron chi connectivity index (χ4n) is 2.82. The van der Waals surface area contributed by atoms with Crippen LogP contribution in [0.15, 0.2) is 22.7 Å². The Hall–Kier alpha value is -0.540. The van der Waals surface area contributed by atoms with Gasteiger partial charge in [-0.1, -0.05) is 25.8 Å². The Labute approximate surface area is 117 Å². The molecule has 2 rings (SSSR count). The highest BCUT2D eigenvalue weighted by Gasteiger charge is 2.35. The second-order valence-corrected chi connectivity index (χ2v) is 6.40. The zero-order valence-electron chi connectivity index (χ0n) is 11.1. The van der Waals surface area contributed by atoms with E-state index in [1.807, 2.05) is 18.2 Å². The SMILES string of the molecule is COc1ccc(CC(O)C2(C)CCCC2)cc1Br. The second kappa shape index (κ2) is 5.62. The molecular formula is C15H21BrO2. The van der Waals surface area contributed by atoms with E-state index in [1.54, 1.807) is 7.11 Å². The van der Waals surface area contributed by atoms with Gasteiger partial charge in [0.1, 0.15) is 5.75 Å². The molecule has 3 heteroatoms. The number of aliphatic hydroxyl groups excluding tert-OH is 1. The third-order valence-electron chi connectivity index (χ3n) is 4.20. The first-order chi connectivity index (χ1) is 8.55. The number of hydrogen-bond acceptors (Lipinski definition) is 2. The molecule has 0 aliphatic heterocycles. The Morgan fingerprint density at radius 1 is 1.39 bits per heavy atom.